The minimum absolute atomic E-state index is 0.154. The van der Waals surface area contributed by atoms with Gasteiger partial charge >= 0.3 is 0 Å². The van der Waals surface area contributed by atoms with Crippen LogP contribution in [0, 0.1) is 0 Å². The van der Waals surface area contributed by atoms with Crippen molar-refractivity contribution >= 4 is 33.4 Å². The van der Waals surface area contributed by atoms with E-state index >= 15 is 0 Å². The largest absolute Gasteiger partial charge is 0.393 e. The van der Waals surface area contributed by atoms with Crippen LogP contribution in [0.2, 0.25) is 0 Å². The molecule has 198 valence electrons. The molecular weight excluding hydrogens is 488 g/mol. The predicted molar refractivity (Wildman–Crippen MR) is 154 cm³/mol. The minimum Gasteiger partial charge on any atom is -0.393 e. The number of anilines is 1. The lowest BCUT2D eigenvalue weighted by Crippen LogP contribution is -2.29. The molecule has 3 aromatic heterocycles. The molecule has 3 heterocycles. The summed E-state index contributed by atoms with van der Waals surface area (Å²) in [6, 6.07) is 17.9. The first kappa shape index (κ1) is 25.0. The standard InChI is InChI=1S/C31H32N6O2/c1-18(2)29-28-27(13-14-33-30(28)20-15-19-5-3-4-6-25(19)34-17-20)37(36-29)22-9-12-24(31(32)39)26(16-22)35-21-7-10-23(38)11-8-21/h3-6,9,12-18,21,23,35,38H,7-8,10-11H2,1-2H3,(H2,32,39). The number of primary amides is 1. The monoisotopic (exact) mass is 520 g/mol. The number of nitrogens with zero attached hydrogens (tertiary/aromatic N) is 4. The highest BCUT2D eigenvalue weighted by Gasteiger charge is 2.23. The number of rotatable bonds is 6. The van der Waals surface area contributed by atoms with Crippen LogP contribution < -0.4 is 11.1 Å². The second kappa shape index (κ2) is 10.1. The van der Waals surface area contributed by atoms with Crippen LogP contribution >= 0.6 is 0 Å². The van der Waals surface area contributed by atoms with Crippen LogP contribution in [-0.4, -0.2) is 42.9 Å². The third-order valence-corrected chi connectivity index (χ3v) is 7.60. The summed E-state index contributed by atoms with van der Waals surface area (Å²) in [5.74, 6) is -0.329. The summed E-state index contributed by atoms with van der Waals surface area (Å²) in [5.41, 5.74) is 12.3. The van der Waals surface area contributed by atoms with Gasteiger partial charge in [0, 0.05) is 35.1 Å². The van der Waals surface area contributed by atoms with E-state index in [1.54, 1.807) is 12.3 Å². The number of para-hydroxylation sites is 1. The Labute approximate surface area is 226 Å². The van der Waals surface area contributed by atoms with Gasteiger partial charge in [-0.2, -0.15) is 5.10 Å². The van der Waals surface area contributed by atoms with Crippen LogP contribution in [0.25, 0.3) is 38.8 Å². The molecule has 0 aliphatic heterocycles. The van der Waals surface area contributed by atoms with Crippen LogP contribution in [0.15, 0.2) is 67.0 Å². The number of aliphatic hydroxyl groups is 1. The van der Waals surface area contributed by atoms with Gasteiger partial charge in [0.05, 0.1) is 45.2 Å². The number of pyridine rings is 2. The average Bonchev–Trinajstić information content (AvgIpc) is 3.34. The molecule has 0 atom stereocenters. The molecule has 2 aromatic carbocycles. The van der Waals surface area contributed by atoms with Gasteiger partial charge in [0.25, 0.3) is 5.91 Å². The fraction of sp³-hybridized carbons (Fsp3) is 0.290. The quantitative estimate of drug-likeness (QED) is 0.269. The molecule has 1 amide bonds. The highest BCUT2D eigenvalue weighted by Crippen LogP contribution is 2.35. The molecule has 39 heavy (non-hydrogen) atoms. The highest BCUT2D eigenvalue weighted by molar-refractivity contribution is 6.00. The number of benzene rings is 2. The Bertz CT molecular complexity index is 1680. The number of nitrogens with one attached hydrogen (secondary N) is 1. The zero-order valence-corrected chi connectivity index (χ0v) is 22.1. The van der Waals surface area contributed by atoms with E-state index in [-0.39, 0.29) is 18.1 Å². The Morgan fingerprint density at radius 3 is 2.62 bits per heavy atom. The summed E-state index contributed by atoms with van der Waals surface area (Å²) < 4.78 is 1.92. The molecule has 0 spiro atoms. The number of carbonyl (C=O) groups excluding carboxylic acids is 1. The molecule has 8 heteroatoms. The zero-order valence-electron chi connectivity index (χ0n) is 22.1. The Hall–Kier alpha value is -4.30. The van der Waals surface area contributed by atoms with Crippen LogP contribution in [-0.2, 0) is 0 Å². The number of aromatic nitrogens is 4. The van der Waals surface area contributed by atoms with Crippen molar-refractivity contribution in [3.8, 4) is 16.9 Å². The number of hydrogen-bond acceptors (Lipinski definition) is 6. The molecular formula is C31H32N6O2. The maximum Gasteiger partial charge on any atom is 0.250 e. The van der Waals surface area contributed by atoms with E-state index in [0.29, 0.717) is 11.3 Å². The van der Waals surface area contributed by atoms with Crippen molar-refractivity contribution in [2.24, 2.45) is 5.73 Å². The van der Waals surface area contributed by atoms with E-state index in [1.165, 1.54) is 0 Å². The van der Waals surface area contributed by atoms with Gasteiger partial charge in [0.2, 0.25) is 0 Å². The van der Waals surface area contributed by atoms with Gasteiger partial charge in [0.1, 0.15) is 0 Å². The normalized spacial score (nSPS) is 17.6. The number of fused-ring (bicyclic) bond motifs is 2. The first-order valence-corrected chi connectivity index (χ1v) is 13.5. The molecule has 1 saturated carbocycles. The third kappa shape index (κ3) is 4.72. The van der Waals surface area contributed by atoms with Gasteiger partial charge in [-0.05, 0) is 68.0 Å². The maximum atomic E-state index is 12.3. The van der Waals surface area contributed by atoms with Crippen LogP contribution in [0.1, 0.15) is 61.5 Å². The molecule has 6 rings (SSSR count). The number of hydrogen-bond donors (Lipinski definition) is 3. The summed E-state index contributed by atoms with van der Waals surface area (Å²) in [6.07, 6.45) is 6.57. The molecule has 8 nitrogen and oxygen atoms in total. The molecule has 0 unspecified atom stereocenters. The van der Waals surface area contributed by atoms with Gasteiger partial charge < -0.3 is 16.2 Å². The van der Waals surface area contributed by atoms with Crippen molar-refractivity contribution in [2.75, 3.05) is 5.32 Å². The molecule has 0 saturated heterocycles. The number of amides is 1. The zero-order chi connectivity index (χ0) is 27.1. The molecule has 1 aliphatic carbocycles. The average molecular weight is 521 g/mol. The van der Waals surface area contributed by atoms with Crippen LogP contribution in [0.4, 0.5) is 5.69 Å². The maximum absolute atomic E-state index is 12.3. The highest BCUT2D eigenvalue weighted by atomic mass is 16.3. The Morgan fingerprint density at radius 2 is 1.85 bits per heavy atom. The van der Waals surface area contributed by atoms with Gasteiger partial charge in [-0.25, -0.2) is 4.68 Å². The van der Waals surface area contributed by atoms with Gasteiger partial charge in [-0.1, -0.05) is 32.0 Å². The molecule has 1 fully saturated rings. The first-order valence-electron chi connectivity index (χ1n) is 13.5. The van der Waals surface area contributed by atoms with E-state index in [0.717, 1.165) is 70.1 Å². The van der Waals surface area contributed by atoms with Gasteiger partial charge in [-0.15, -0.1) is 0 Å². The smallest absolute Gasteiger partial charge is 0.250 e. The predicted octanol–water partition coefficient (Wildman–Crippen LogP) is 5.57. The molecule has 4 N–H and O–H groups in total. The Kier molecular flexibility index (Phi) is 6.48. The van der Waals surface area contributed by atoms with Crippen molar-refractivity contribution in [2.45, 2.75) is 57.6 Å². The molecule has 5 aromatic rings. The fourth-order valence-electron chi connectivity index (χ4n) is 5.55. The van der Waals surface area contributed by atoms with Crippen molar-refractivity contribution in [1.29, 1.82) is 0 Å². The number of carbonyl (C=O) groups is 1. The summed E-state index contributed by atoms with van der Waals surface area (Å²) in [4.78, 5) is 21.7. The first-order chi connectivity index (χ1) is 18.9. The van der Waals surface area contributed by atoms with Gasteiger partial charge in [0.15, 0.2) is 0 Å². The lowest BCUT2D eigenvalue weighted by molar-refractivity contribution is 0.100. The molecule has 1 aliphatic rings. The SMILES string of the molecule is CC(C)c1nn(-c2ccc(C(N)=O)c(NC3CCC(O)CC3)c2)c2ccnc(-c3cnc4ccccc4c3)c12. The number of nitrogens with two attached hydrogens (primary N) is 1. The topological polar surface area (TPSA) is 119 Å². The number of aliphatic hydroxyl groups excluding tert-OH is 1. The van der Waals surface area contributed by atoms with Crippen molar-refractivity contribution < 1.29 is 9.90 Å². The van der Waals surface area contributed by atoms with Gasteiger partial charge in [-0.3, -0.25) is 14.8 Å². The third-order valence-electron chi connectivity index (χ3n) is 7.60. The van der Waals surface area contributed by atoms with E-state index in [4.69, 9.17) is 15.8 Å². The van der Waals surface area contributed by atoms with E-state index in [2.05, 4.69) is 36.3 Å². The van der Waals surface area contributed by atoms with Crippen molar-refractivity contribution in [1.82, 2.24) is 19.7 Å². The summed E-state index contributed by atoms with van der Waals surface area (Å²) >= 11 is 0. The summed E-state index contributed by atoms with van der Waals surface area (Å²) in [5, 5.41) is 20.5. The lowest BCUT2D eigenvalue weighted by atomic mass is 9.92. The molecule has 0 radical (unpaired) electrons. The minimum atomic E-state index is -0.483. The van der Waals surface area contributed by atoms with Crippen LogP contribution in [0.5, 0.6) is 0 Å². The lowest BCUT2D eigenvalue weighted by Gasteiger charge is -2.27. The van der Waals surface area contributed by atoms with Crippen molar-refractivity contribution in [3.05, 3.63) is 78.2 Å². The van der Waals surface area contributed by atoms with Crippen molar-refractivity contribution in [3.63, 3.8) is 0 Å². The van der Waals surface area contributed by atoms with E-state index in [9.17, 15) is 9.90 Å². The Morgan fingerprint density at radius 1 is 1.05 bits per heavy atom. The Balaban J connectivity index is 1.48. The summed E-state index contributed by atoms with van der Waals surface area (Å²) in [7, 11) is 0. The van der Waals surface area contributed by atoms with E-state index < -0.39 is 5.91 Å². The fourth-order valence-corrected chi connectivity index (χ4v) is 5.55. The molecule has 0 bridgehead atoms. The van der Waals surface area contributed by atoms with Crippen LogP contribution in [0.3, 0.4) is 0 Å². The second-order valence-corrected chi connectivity index (χ2v) is 10.7. The van der Waals surface area contributed by atoms with E-state index in [1.807, 2.05) is 47.3 Å². The summed E-state index contributed by atoms with van der Waals surface area (Å²) in [6.45, 7) is 4.25. The second-order valence-electron chi connectivity index (χ2n) is 10.7.